The van der Waals surface area contributed by atoms with Gasteiger partial charge in [-0.15, -0.1) is 0 Å². The number of nitrogens with one attached hydrogen (secondary N) is 1. The molecule has 2 aromatic carbocycles. The Morgan fingerprint density at radius 1 is 1.12 bits per heavy atom. The van der Waals surface area contributed by atoms with Crippen LogP contribution in [0.1, 0.15) is 20.3 Å². The molecular formula is C20H21NO4. The Morgan fingerprint density at radius 3 is 2.44 bits per heavy atom. The first-order chi connectivity index (χ1) is 12.0. The fourth-order valence-electron chi connectivity index (χ4n) is 2.26. The van der Waals surface area contributed by atoms with Crippen molar-refractivity contribution in [1.29, 1.82) is 0 Å². The summed E-state index contributed by atoms with van der Waals surface area (Å²) in [5.74, 6) is -0.978. The molecule has 1 unspecified atom stereocenters. The molecule has 130 valence electrons. The molecule has 0 radical (unpaired) electrons. The minimum atomic E-state index is -0.978. The Morgan fingerprint density at radius 2 is 1.76 bits per heavy atom. The van der Waals surface area contributed by atoms with E-state index in [-0.39, 0.29) is 5.57 Å². The van der Waals surface area contributed by atoms with Gasteiger partial charge in [0, 0.05) is 17.6 Å². The highest BCUT2D eigenvalue weighted by Gasteiger charge is 2.12. The Labute approximate surface area is 146 Å². The van der Waals surface area contributed by atoms with Gasteiger partial charge in [-0.2, -0.15) is 0 Å². The highest BCUT2D eigenvalue weighted by molar-refractivity contribution is 5.91. The molecule has 0 bridgehead atoms. The van der Waals surface area contributed by atoms with Crippen LogP contribution in [0.5, 0.6) is 0 Å². The topological polar surface area (TPSA) is 75.6 Å². The van der Waals surface area contributed by atoms with Crippen molar-refractivity contribution in [1.82, 2.24) is 0 Å². The minimum absolute atomic E-state index is 0.227. The van der Waals surface area contributed by atoms with Crippen molar-refractivity contribution in [2.24, 2.45) is 0 Å². The second-order valence-electron chi connectivity index (χ2n) is 5.68. The number of rotatable bonds is 6. The molecule has 5 heteroatoms. The number of ether oxygens (including phenoxy) is 1. The fourth-order valence-corrected chi connectivity index (χ4v) is 2.26. The van der Waals surface area contributed by atoms with Gasteiger partial charge in [0.2, 0.25) is 0 Å². The number of hydrogen-bond donors (Lipinski definition) is 2. The summed E-state index contributed by atoms with van der Waals surface area (Å²) in [4.78, 5) is 22.9. The summed E-state index contributed by atoms with van der Waals surface area (Å²) in [6.45, 7) is 3.22. The Hall–Kier alpha value is -3.08. The van der Waals surface area contributed by atoms with E-state index in [1.807, 2.05) is 54.6 Å². The highest BCUT2D eigenvalue weighted by atomic mass is 16.6. The summed E-state index contributed by atoms with van der Waals surface area (Å²) >= 11 is 0. The van der Waals surface area contributed by atoms with Gasteiger partial charge >= 0.3 is 12.1 Å². The molecule has 0 saturated carbocycles. The smallest absolute Gasteiger partial charge is 0.411 e. The van der Waals surface area contributed by atoms with Crippen molar-refractivity contribution >= 4 is 17.7 Å². The molecule has 0 fully saturated rings. The molecule has 0 aromatic heterocycles. The van der Waals surface area contributed by atoms with Crippen LogP contribution in [0.2, 0.25) is 0 Å². The molecule has 0 spiro atoms. The molecule has 2 rings (SSSR count). The zero-order chi connectivity index (χ0) is 18.2. The number of amides is 1. The van der Waals surface area contributed by atoms with E-state index in [2.05, 4.69) is 5.32 Å². The molecule has 2 aromatic rings. The first kappa shape index (κ1) is 18.3. The number of benzene rings is 2. The first-order valence-corrected chi connectivity index (χ1v) is 7.99. The number of anilines is 1. The van der Waals surface area contributed by atoms with E-state index in [0.29, 0.717) is 12.1 Å². The summed E-state index contributed by atoms with van der Waals surface area (Å²) < 4.78 is 5.29. The lowest BCUT2D eigenvalue weighted by molar-refractivity contribution is -0.132. The van der Waals surface area contributed by atoms with Gasteiger partial charge < -0.3 is 9.84 Å². The summed E-state index contributed by atoms with van der Waals surface area (Å²) in [6.07, 6.45) is 0.875. The van der Waals surface area contributed by atoms with Gasteiger partial charge in [-0.25, -0.2) is 9.59 Å². The van der Waals surface area contributed by atoms with Crippen LogP contribution in [-0.4, -0.2) is 23.3 Å². The van der Waals surface area contributed by atoms with E-state index in [9.17, 15) is 9.59 Å². The highest BCUT2D eigenvalue weighted by Crippen LogP contribution is 2.27. The number of para-hydroxylation sites is 1. The predicted octanol–water partition coefficient (Wildman–Crippen LogP) is 4.71. The number of hydrogen-bond acceptors (Lipinski definition) is 3. The van der Waals surface area contributed by atoms with Gasteiger partial charge in [-0.1, -0.05) is 54.6 Å². The zero-order valence-electron chi connectivity index (χ0n) is 14.2. The molecule has 25 heavy (non-hydrogen) atoms. The first-order valence-electron chi connectivity index (χ1n) is 7.99. The molecule has 1 amide bonds. The van der Waals surface area contributed by atoms with Crippen molar-refractivity contribution in [3.63, 3.8) is 0 Å². The number of carbonyl (C=O) groups is 2. The zero-order valence-corrected chi connectivity index (χ0v) is 14.2. The van der Waals surface area contributed by atoms with E-state index >= 15 is 0 Å². The van der Waals surface area contributed by atoms with Crippen LogP contribution in [-0.2, 0) is 9.53 Å². The minimum Gasteiger partial charge on any atom is -0.478 e. The predicted molar refractivity (Wildman–Crippen MR) is 97.5 cm³/mol. The number of carboxylic acids is 1. The Kier molecular flexibility index (Phi) is 6.34. The number of carbonyl (C=O) groups excluding carboxylic acids is 1. The van der Waals surface area contributed by atoms with Crippen molar-refractivity contribution < 1.29 is 19.4 Å². The molecule has 0 heterocycles. The van der Waals surface area contributed by atoms with Crippen molar-refractivity contribution in [2.75, 3.05) is 5.32 Å². The molecule has 0 aliphatic heterocycles. The Bertz CT molecular complexity index is 768. The maximum absolute atomic E-state index is 12.1. The summed E-state index contributed by atoms with van der Waals surface area (Å²) in [7, 11) is 0. The van der Waals surface area contributed by atoms with Crippen LogP contribution in [0.25, 0.3) is 11.1 Å². The second kappa shape index (κ2) is 8.68. The number of carboxylic acid groups (broad SMARTS) is 1. The normalized spacial score (nSPS) is 12.3. The average molecular weight is 339 g/mol. The second-order valence-corrected chi connectivity index (χ2v) is 5.68. The standard InChI is InChI=1S/C20H21NO4/c1-14(19(22)23)12-13-15(2)25-20(24)21-18-11-7-6-10-17(18)16-8-4-3-5-9-16/h3-12,15H,13H2,1-2H3,(H,21,24)(H,22,23)/b14-12+. The average Bonchev–Trinajstić information content (AvgIpc) is 2.60. The van der Waals surface area contributed by atoms with Crippen molar-refractivity contribution in [2.45, 2.75) is 26.4 Å². The quantitative estimate of drug-likeness (QED) is 0.747. The molecule has 0 saturated heterocycles. The number of aliphatic carboxylic acids is 1. The van der Waals surface area contributed by atoms with E-state index in [0.717, 1.165) is 11.1 Å². The van der Waals surface area contributed by atoms with E-state index in [1.54, 1.807) is 6.92 Å². The maximum Gasteiger partial charge on any atom is 0.411 e. The third-order valence-corrected chi connectivity index (χ3v) is 3.65. The third kappa shape index (κ3) is 5.49. The van der Waals surface area contributed by atoms with E-state index < -0.39 is 18.2 Å². The molecule has 0 aliphatic carbocycles. The van der Waals surface area contributed by atoms with Crippen LogP contribution in [0.15, 0.2) is 66.2 Å². The van der Waals surface area contributed by atoms with Crippen molar-refractivity contribution in [3.05, 3.63) is 66.2 Å². The SMILES string of the molecule is C/C(=C\CC(C)OC(=O)Nc1ccccc1-c1ccccc1)C(=O)O. The molecule has 2 N–H and O–H groups in total. The largest absolute Gasteiger partial charge is 0.478 e. The molecule has 0 aliphatic rings. The summed E-state index contributed by atoms with van der Waals surface area (Å²) in [5, 5.41) is 11.6. The van der Waals surface area contributed by atoms with Crippen LogP contribution in [0.3, 0.4) is 0 Å². The van der Waals surface area contributed by atoms with Crippen molar-refractivity contribution in [3.8, 4) is 11.1 Å². The monoisotopic (exact) mass is 339 g/mol. The van der Waals surface area contributed by atoms with Gasteiger partial charge in [0.05, 0.1) is 5.69 Å². The van der Waals surface area contributed by atoms with Gasteiger partial charge in [0.25, 0.3) is 0 Å². The van der Waals surface area contributed by atoms with Crippen LogP contribution in [0, 0.1) is 0 Å². The summed E-state index contributed by atoms with van der Waals surface area (Å²) in [5.41, 5.74) is 2.77. The van der Waals surface area contributed by atoms with Gasteiger partial charge in [-0.05, 0) is 25.5 Å². The summed E-state index contributed by atoms with van der Waals surface area (Å²) in [6, 6.07) is 17.2. The van der Waals surface area contributed by atoms with Crippen LogP contribution >= 0.6 is 0 Å². The lowest BCUT2D eigenvalue weighted by Gasteiger charge is -2.15. The van der Waals surface area contributed by atoms with Gasteiger partial charge in [0.15, 0.2) is 0 Å². The molecular weight excluding hydrogens is 318 g/mol. The molecule has 1 atom stereocenters. The third-order valence-electron chi connectivity index (χ3n) is 3.65. The van der Waals surface area contributed by atoms with Gasteiger partial charge in [0.1, 0.15) is 6.10 Å². The Balaban J connectivity index is 2.02. The lowest BCUT2D eigenvalue weighted by Crippen LogP contribution is -2.20. The van der Waals surface area contributed by atoms with Crippen LogP contribution < -0.4 is 5.32 Å². The fraction of sp³-hybridized carbons (Fsp3) is 0.200. The van der Waals surface area contributed by atoms with Gasteiger partial charge in [-0.3, -0.25) is 5.32 Å². The lowest BCUT2D eigenvalue weighted by atomic mass is 10.0. The van der Waals surface area contributed by atoms with E-state index in [1.165, 1.54) is 13.0 Å². The van der Waals surface area contributed by atoms with Crippen LogP contribution in [0.4, 0.5) is 10.5 Å². The van der Waals surface area contributed by atoms with E-state index in [4.69, 9.17) is 9.84 Å². The maximum atomic E-state index is 12.1. The molecule has 5 nitrogen and oxygen atoms in total.